The van der Waals surface area contributed by atoms with Crippen LogP contribution < -0.4 is 5.32 Å². The van der Waals surface area contributed by atoms with Crippen LogP contribution in [0.3, 0.4) is 0 Å². The van der Waals surface area contributed by atoms with Gasteiger partial charge in [-0.2, -0.15) is 30.6 Å². The van der Waals surface area contributed by atoms with Crippen molar-refractivity contribution >= 4 is 60.6 Å². The predicted octanol–water partition coefficient (Wildman–Crippen LogP) is 33.5. The van der Waals surface area contributed by atoms with E-state index in [9.17, 15) is 9.59 Å². The van der Waals surface area contributed by atoms with Crippen LogP contribution in [0.15, 0.2) is 283 Å². The average molecular weight is 1770 g/mol. The fourth-order valence-corrected chi connectivity index (χ4v) is 20.4. The Labute approximate surface area is 789 Å². The third-order valence-corrected chi connectivity index (χ3v) is 27.6. The van der Waals surface area contributed by atoms with E-state index >= 15 is 0 Å². The van der Waals surface area contributed by atoms with Crippen LogP contribution in [0.5, 0.6) is 0 Å². The first-order valence-corrected chi connectivity index (χ1v) is 52.6. The summed E-state index contributed by atoms with van der Waals surface area (Å²) >= 11 is 1.73. The van der Waals surface area contributed by atoms with Gasteiger partial charge in [0.05, 0.1) is 25.6 Å². The lowest BCUT2D eigenvalue weighted by Crippen LogP contribution is -2.28. The van der Waals surface area contributed by atoms with E-state index in [2.05, 4.69) is 190 Å². The van der Waals surface area contributed by atoms with Gasteiger partial charge < -0.3 is 10.1 Å². The van der Waals surface area contributed by atoms with Crippen molar-refractivity contribution in [3.63, 3.8) is 0 Å². The van der Waals surface area contributed by atoms with Crippen LogP contribution in [0.1, 0.15) is 347 Å². The summed E-state index contributed by atoms with van der Waals surface area (Å²) in [6, 6.07) is 0. The monoisotopic (exact) mass is 1770 g/mol. The zero-order chi connectivity index (χ0) is 90.0. The lowest BCUT2D eigenvalue weighted by Gasteiger charge is -2.40. The molecule has 13 heteroatoms. The molecule has 8 heterocycles. The molecular formula is C116H171N9O3S. The lowest BCUT2D eigenvalue weighted by atomic mass is 9.65. The second-order valence-electron chi connectivity index (χ2n) is 37.6. The molecule has 12 bridgehead atoms. The number of carbonyl (C=O) groups excluding carboxylic acids is 2. The number of fused-ring (bicyclic) bond motifs is 12. The quantitative estimate of drug-likeness (QED) is 0.189. The molecule has 28 aliphatic rings. The summed E-state index contributed by atoms with van der Waals surface area (Å²) in [7, 11) is 0. The first kappa shape index (κ1) is 108. The molecule has 129 heavy (non-hydrogen) atoms. The maximum atomic E-state index is 10.3. The Hall–Kier alpha value is -8.29. The summed E-state index contributed by atoms with van der Waals surface area (Å²) in [5.74, 6) is 13.7. The summed E-state index contributed by atoms with van der Waals surface area (Å²) in [6.45, 7) is 1.67. The summed E-state index contributed by atoms with van der Waals surface area (Å²) < 4.78 is 4.71. The van der Waals surface area contributed by atoms with E-state index in [0.717, 1.165) is 125 Å². The molecule has 4 atom stereocenters. The van der Waals surface area contributed by atoms with Gasteiger partial charge in [0.1, 0.15) is 0 Å². The third kappa shape index (κ3) is 61.1. The molecule has 12 nitrogen and oxygen atoms in total. The Morgan fingerprint density at radius 3 is 0.744 bits per heavy atom. The molecule has 0 spiro atoms. The standard InChI is InChI=1S/2C9H16.2C8H14.2C7H12.C6H4O2.C6H10.4C6H8.C5H7N.C5H6O.C5H6S.2C4H5N.3C3H4N2/c2*1-3-8-5-2-6-9(4-1)7-8;2*1-2-7-4-5-8(3-1)6-7;2*1-2-6-4-7(3-1)5-6;7-5-1-2-6(8)4-3-5;8*1-2-4-6-5-3-1;5*1-2-4-5-3-1/h2*8-9H,1-7H2;2*7-8H,1-6H2;2*6-7H,1-5H2;1-4H;1-2H,3-6H2;2*1-2,5-6H,3-4H2;2*1-4H,5-6H2;2-6H,1H2;2*2-5H,1H2;1,3-4H,2H2;1-3H,4H2;2*2-3H,1H2;1-2H,3H2. The number of dihydropyridines is 1. The number of hydrogen-bond acceptors (Lipinski definition) is 13. The fourth-order valence-electron chi connectivity index (χ4n) is 19.9. The number of allylic oxidation sites excluding steroid dienone is 30. The fraction of sp³-hybridized carbons (Fsp3) is 0.586. The van der Waals surface area contributed by atoms with Gasteiger partial charge in [-0.3, -0.25) is 19.6 Å². The van der Waals surface area contributed by atoms with Crippen LogP contribution >= 0.6 is 11.8 Å². The Morgan fingerprint density at radius 2 is 0.605 bits per heavy atom. The van der Waals surface area contributed by atoms with Crippen molar-refractivity contribution in [2.45, 2.75) is 347 Å². The van der Waals surface area contributed by atoms with Gasteiger partial charge >= 0.3 is 0 Å². The molecule has 0 aromatic heterocycles. The average Bonchev–Trinajstić information content (AvgIpc) is 1.63. The maximum absolute atomic E-state index is 10.3. The van der Waals surface area contributed by atoms with Crippen molar-refractivity contribution in [1.29, 1.82) is 0 Å². The van der Waals surface area contributed by atoms with Crippen molar-refractivity contribution in [2.24, 2.45) is 112 Å². The van der Waals surface area contributed by atoms with E-state index in [1.165, 1.54) is 151 Å². The van der Waals surface area contributed by atoms with Gasteiger partial charge in [-0.15, -0.1) is 11.8 Å². The number of carbonyl (C=O) groups is 2. The minimum Gasteiger partial charge on any atom is -0.473 e. The molecule has 1 N–H and O–H groups in total. The maximum Gasteiger partial charge on any atom is 0.178 e. The molecule has 0 aromatic rings. The van der Waals surface area contributed by atoms with Crippen molar-refractivity contribution in [1.82, 2.24) is 5.32 Å². The number of ketones is 2. The number of rotatable bonds is 0. The minimum absolute atomic E-state index is 0.121. The second-order valence-corrected chi connectivity index (χ2v) is 38.4. The number of nitrogens with one attached hydrogen (secondary N) is 1. The Bertz CT molecular complexity index is 3100. The minimum atomic E-state index is -0.121. The smallest absolute Gasteiger partial charge is 0.178 e. The topological polar surface area (TPSA) is 154 Å². The highest BCUT2D eigenvalue weighted by molar-refractivity contribution is 8.04. The zero-order valence-electron chi connectivity index (χ0n) is 79.8. The van der Waals surface area contributed by atoms with Gasteiger partial charge in [0.2, 0.25) is 0 Å². The van der Waals surface area contributed by atoms with E-state index in [1.54, 1.807) is 248 Å². The van der Waals surface area contributed by atoms with E-state index in [4.69, 9.17) is 4.74 Å². The molecule has 8 aliphatic heterocycles. The first-order chi connectivity index (χ1) is 64.0. The molecule has 0 radical (unpaired) electrons. The van der Waals surface area contributed by atoms with Crippen LogP contribution in [0.25, 0.3) is 0 Å². The van der Waals surface area contributed by atoms with Crippen molar-refractivity contribution in [2.75, 3.05) is 13.1 Å². The third-order valence-electron chi connectivity index (χ3n) is 26.9. The van der Waals surface area contributed by atoms with Gasteiger partial charge in [0, 0.05) is 68.9 Å². The summed E-state index contributed by atoms with van der Waals surface area (Å²) in [5, 5.41) is 28.4. The predicted molar refractivity (Wildman–Crippen MR) is 561 cm³/mol. The molecule has 4 unspecified atom stereocenters. The number of nitrogens with zero attached hydrogens (tertiary/aromatic N) is 8. The lowest BCUT2D eigenvalue weighted by molar-refractivity contribution is -0.113. The molecule has 704 valence electrons. The highest BCUT2D eigenvalue weighted by Crippen LogP contribution is 2.47. The van der Waals surface area contributed by atoms with Gasteiger partial charge in [-0.25, -0.2) is 0 Å². The number of aliphatic imine (C=N–C) groups is 2. The number of azo groups is 1. The molecule has 0 saturated heterocycles. The van der Waals surface area contributed by atoms with Crippen LogP contribution in [-0.2, 0) is 14.3 Å². The van der Waals surface area contributed by atoms with Crippen LogP contribution in [0.2, 0.25) is 0 Å². The number of hydrogen-bond donors (Lipinski definition) is 1. The molecule has 28 rings (SSSR count). The molecule has 20 aliphatic carbocycles. The van der Waals surface area contributed by atoms with Crippen LogP contribution in [0, 0.1) is 71.0 Å². The Balaban J connectivity index is 0.000000186. The van der Waals surface area contributed by atoms with Gasteiger partial charge in [-0.1, -0.05) is 326 Å². The molecular weight excluding hydrogens is 1600 g/mol. The summed E-state index contributed by atoms with van der Waals surface area (Å²) in [6.07, 6.45) is 163. The summed E-state index contributed by atoms with van der Waals surface area (Å²) in [5.41, 5.74) is 0. The van der Waals surface area contributed by atoms with E-state index in [-0.39, 0.29) is 11.6 Å². The van der Waals surface area contributed by atoms with E-state index in [0.29, 0.717) is 0 Å². The van der Waals surface area contributed by atoms with E-state index < -0.39 is 0 Å². The van der Waals surface area contributed by atoms with Crippen LogP contribution in [-0.4, -0.2) is 61.9 Å². The molecule has 0 aromatic carbocycles. The number of thioether (sulfide) groups is 1. The largest absolute Gasteiger partial charge is 0.473 e. The zero-order valence-corrected chi connectivity index (χ0v) is 80.6. The molecule has 0 amide bonds. The normalized spacial score (nSPS) is 28.2. The number of ether oxygens (including phenoxy) is 1. The first-order valence-electron chi connectivity index (χ1n) is 51.7. The van der Waals surface area contributed by atoms with Crippen molar-refractivity contribution in [3.8, 4) is 0 Å². The van der Waals surface area contributed by atoms with E-state index in [1.807, 2.05) is 55.1 Å². The van der Waals surface area contributed by atoms with Gasteiger partial charge in [-0.05, 0) is 291 Å². The van der Waals surface area contributed by atoms with Crippen molar-refractivity contribution in [3.05, 3.63) is 243 Å². The summed E-state index contributed by atoms with van der Waals surface area (Å²) in [4.78, 5) is 28.2. The second kappa shape index (κ2) is 78.4. The highest BCUT2D eigenvalue weighted by atomic mass is 32.2. The molecule has 14 saturated carbocycles. The SMILES string of the molecule is C1=CCC=CC1.C1=CCC=CC1.C1=CCCC=C1.C1=CCCC=C1.C1=CCCCC1.C1=CCN=C1.C1=CN=CC1.C1=CN=NC1.C1=CNC=CC1.C1=COC=CC1.C1=CSC=CC1.C1=NN=CC1.C1=NN=CC1.C1CC2CC(C1)C2.C1CC2CC(C1)C2.C1CC2CCC(C1)C2.C1CC2CCC(C1)C2.C1CC2CCCC(C1)C2.C1CC2CCCC(C1)C2.O=C1C=CC(=O)C=C1. The van der Waals surface area contributed by atoms with Crippen molar-refractivity contribution < 1.29 is 14.3 Å². The Kier molecular flexibility index (Phi) is 65.5. The van der Waals surface area contributed by atoms with Gasteiger partial charge in [0.15, 0.2) is 11.6 Å². The molecule has 14 fully saturated rings. The van der Waals surface area contributed by atoms with Gasteiger partial charge in [0.25, 0.3) is 0 Å². The van der Waals surface area contributed by atoms with Crippen LogP contribution in [0.4, 0.5) is 0 Å². The Morgan fingerprint density at radius 1 is 0.271 bits per heavy atom. The highest BCUT2D eigenvalue weighted by Gasteiger charge is 2.34.